The monoisotopic (exact) mass is 396 g/mol. The molecule has 0 aromatic rings. The standard InChI is InChI=1S/C16H32N2O.HI/c1-6-11-18(12-7-2,13-8-3)14-9-10-17-16(19)15(4)5;/h4,6-14H2,1-3,5H3;1H. The summed E-state index contributed by atoms with van der Waals surface area (Å²) in [4.78, 5) is 11.4. The molecule has 0 bridgehead atoms. The lowest BCUT2D eigenvalue weighted by Gasteiger charge is -2.38. The van der Waals surface area contributed by atoms with Crippen LogP contribution < -0.4 is 29.3 Å². The van der Waals surface area contributed by atoms with Crippen molar-refractivity contribution in [3.63, 3.8) is 0 Å². The molecule has 0 spiro atoms. The quantitative estimate of drug-likeness (QED) is 0.229. The summed E-state index contributed by atoms with van der Waals surface area (Å²) in [7, 11) is 0. The van der Waals surface area contributed by atoms with Crippen LogP contribution in [0, 0.1) is 0 Å². The van der Waals surface area contributed by atoms with Crippen LogP contribution in [0.2, 0.25) is 0 Å². The van der Waals surface area contributed by atoms with Crippen LogP contribution in [0.15, 0.2) is 12.2 Å². The summed E-state index contributed by atoms with van der Waals surface area (Å²) in [5.74, 6) is -0.0143. The Morgan fingerprint density at radius 3 is 1.80 bits per heavy atom. The van der Waals surface area contributed by atoms with E-state index >= 15 is 0 Å². The Bertz CT molecular complexity index is 263. The highest BCUT2D eigenvalue weighted by atomic mass is 127. The molecule has 120 valence electrons. The van der Waals surface area contributed by atoms with E-state index in [1.807, 2.05) is 0 Å². The van der Waals surface area contributed by atoms with Crippen molar-refractivity contribution in [2.24, 2.45) is 0 Å². The Hall–Kier alpha value is -0.100. The van der Waals surface area contributed by atoms with Crippen LogP contribution in [0.4, 0.5) is 0 Å². The highest BCUT2D eigenvalue weighted by molar-refractivity contribution is 5.91. The zero-order valence-corrected chi connectivity index (χ0v) is 16.0. The lowest BCUT2D eigenvalue weighted by atomic mass is 10.2. The van der Waals surface area contributed by atoms with E-state index in [1.54, 1.807) is 6.92 Å². The SMILES string of the molecule is C=C(C)C(=O)NCCC[N+](CCC)(CCC)CCC.[I-]. The van der Waals surface area contributed by atoms with Crippen LogP contribution >= 0.6 is 0 Å². The fraction of sp³-hybridized carbons (Fsp3) is 0.812. The first-order valence-corrected chi connectivity index (χ1v) is 7.80. The Morgan fingerprint density at radius 1 is 1.00 bits per heavy atom. The Balaban J connectivity index is 0. The molecule has 0 radical (unpaired) electrons. The topological polar surface area (TPSA) is 29.1 Å². The number of nitrogens with zero attached hydrogens (tertiary/aromatic N) is 1. The average Bonchev–Trinajstić information content (AvgIpc) is 2.35. The third-order valence-corrected chi connectivity index (χ3v) is 3.58. The van der Waals surface area contributed by atoms with E-state index in [2.05, 4.69) is 32.7 Å². The normalized spacial score (nSPS) is 10.8. The first-order chi connectivity index (χ1) is 9.01. The van der Waals surface area contributed by atoms with E-state index in [0.717, 1.165) is 13.0 Å². The molecule has 0 unspecified atom stereocenters. The molecule has 0 heterocycles. The number of amides is 1. The number of quaternary nitrogens is 1. The van der Waals surface area contributed by atoms with Gasteiger partial charge in [-0.15, -0.1) is 0 Å². The fourth-order valence-corrected chi connectivity index (χ4v) is 2.86. The van der Waals surface area contributed by atoms with Gasteiger partial charge >= 0.3 is 0 Å². The van der Waals surface area contributed by atoms with Gasteiger partial charge in [-0.1, -0.05) is 27.4 Å². The molecule has 0 fully saturated rings. The first kappa shape index (κ1) is 22.2. The fourth-order valence-electron chi connectivity index (χ4n) is 2.86. The minimum absolute atomic E-state index is 0. The second kappa shape index (κ2) is 12.6. The van der Waals surface area contributed by atoms with E-state index < -0.39 is 0 Å². The molecule has 0 aliphatic carbocycles. The summed E-state index contributed by atoms with van der Waals surface area (Å²) in [5.41, 5.74) is 0.594. The third kappa shape index (κ3) is 8.95. The minimum atomic E-state index is -0.0143. The number of hydrogen-bond acceptors (Lipinski definition) is 1. The van der Waals surface area contributed by atoms with Gasteiger partial charge in [0.2, 0.25) is 5.91 Å². The summed E-state index contributed by atoms with van der Waals surface area (Å²) in [5, 5.41) is 2.93. The van der Waals surface area contributed by atoms with E-state index in [9.17, 15) is 4.79 Å². The van der Waals surface area contributed by atoms with Gasteiger partial charge in [0, 0.05) is 18.5 Å². The van der Waals surface area contributed by atoms with Crippen LogP contribution in [-0.4, -0.2) is 43.1 Å². The molecule has 0 saturated carbocycles. The molecule has 0 saturated heterocycles. The highest BCUT2D eigenvalue weighted by Crippen LogP contribution is 2.12. The van der Waals surface area contributed by atoms with Gasteiger partial charge in [0.05, 0.1) is 26.2 Å². The summed E-state index contributed by atoms with van der Waals surface area (Å²) in [6.07, 6.45) is 4.76. The Labute approximate surface area is 142 Å². The van der Waals surface area contributed by atoms with Gasteiger partial charge in [0.1, 0.15) is 0 Å². The molecule has 1 N–H and O–H groups in total. The lowest BCUT2D eigenvalue weighted by molar-refractivity contribution is -0.928. The Kier molecular flexibility index (Phi) is 14.0. The number of rotatable bonds is 11. The predicted octanol–water partition coefficient (Wildman–Crippen LogP) is 0.120. The number of carbonyl (C=O) groups is 1. The minimum Gasteiger partial charge on any atom is -1.00 e. The maximum Gasteiger partial charge on any atom is 0.246 e. The van der Waals surface area contributed by atoms with Gasteiger partial charge in [0.25, 0.3) is 0 Å². The van der Waals surface area contributed by atoms with Crippen molar-refractivity contribution >= 4 is 5.91 Å². The summed E-state index contributed by atoms with van der Waals surface area (Å²) < 4.78 is 1.21. The van der Waals surface area contributed by atoms with Crippen molar-refractivity contribution in [2.75, 3.05) is 32.7 Å². The number of hydrogen-bond donors (Lipinski definition) is 1. The van der Waals surface area contributed by atoms with Crippen molar-refractivity contribution in [1.29, 1.82) is 0 Å². The van der Waals surface area contributed by atoms with Gasteiger partial charge in [-0.3, -0.25) is 4.79 Å². The van der Waals surface area contributed by atoms with Crippen molar-refractivity contribution in [2.45, 2.75) is 53.4 Å². The molecule has 0 aromatic carbocycles. The van der Waals surface area contributed by atoms with Gasteiger partial charge < -0.3 is 33.8 Å². The maximum absolute atomic E-state index is 11.4. The molecule has 1 amide bonds. The zero-order chi connectivity index (χ0) is 14.7. The van der Waals surface area contributed by atoms with Crippen molar-refractivity contribution in [3.8, 4) is 0 Å². The molecule has 20 heavy (non-hydrogen) atoms. The molecule has 4 heteroatoms. The van der Waals surface area contributed by atoms with E-state index in [1.165, 1.54) is 49.9 Å². The number of carbonyl (C=O) groups excluding carboxylic acids is 1. The lowest BCUT2D eigenvalue weighted by Crippen LogP contribution is -3.00. The Morgan fingerprint density at radius 2 is 1.45 bits per heavy atom. The largest absolute Gasteiger partial charge is 1.00 e. The van der Waals surface area contributed by atoms with Gasteiger partial charge in [-0.2, -0.15) is 0 Å². The first-order valence-electron chi connectivity index (χ1n) is 7.80. The third-order valence-electron chi connectivity index (χ3n) is 3.58. The van der Waals surface area contributed by atoms with E-state index in [4.69, 9.17) is 0 Å². The van der Waals surface area contributed by atoms with Crippen LogP contribution in [0.25, 0.3) is 0 Å². The smallest absolute Gasteiger partial charge is 0.246 e. The summed E-state index contributed by atoms with van der Waals surface area (Å²) in [6.45, 7) is 17.9. The van der Waals surface area contributed by atoms with Gasteiger partial charge in [0.15, 0.2) is 0 Å². The molecular weight excluding hydrogens is 363 g/mol. The molecule has 0 rings (SSSR count). The zero-order valence-electron chi connectivity index (χ0n) is 13.8. The summed E-state index contributed by atoms with van der Waals surface area (Å²) in [6, 6.07) is 0. The molecule has 3 nitrogen and oxygen atoms in total. The van der Waals surface area contributed by atoms with Crippen LogP contribution in [0.5, 0.6) is 0 Å². The highest BCUT2D eigenvalue weighted by Gasteiger charge is 2.23. The van der Waals surface area contributed by atoms with Crippen LogP contribution in [0.3, 0.4) is 0 Å². The van der Waals surface area contributed by atoms with E-state index in [0.29, 0.717) is 5.57 Å². The molecule has 0 atom stereocenters. The molecule has 0 aliphatic rings. The number of halogens is 1. The predicted molar refractivity (Wildman–Crippen MR) is 83.0 cm³/mol. The average molecular weight is 396 g/mol. The summed E-state index contributed by atoms with van der Waals surface area (Å²) >= 11 is 0. The van der Waals surface area contributed by atoms with Gasteiger partial charge in [-0.25, -0.2) is 0 Å². The number of nitrogens with one attached hydrogen (secondary N) is 1. The maximum atomic E-state index is 11.4. The second-order valence-corrected chi connectivity index (χ2v) is 5.63. The van der Waals surface area contributed by atoms with Crippen molar-refractivity contribution < 1.29 is 33.3 Å². The van der Waals surface area contributed by atoms with Crippen molar-refractivity contribution in [1.82, 2.24) is 5.32 Å². The molecule has 0 aromatic heterocycles. The van der Waals surface area contributed by atoms with Crippen LogP contribution in [0.1, 0.15) is 53.4 Å². The van der Waals surface area contributed by atoms with E-state index in [-0.39, 0.29) is 29.9 Å². The second-order valence-electron chi connectivity index (χ2n) is 5.63. The van der Waals surface area contributed by atoms with Crippen LogP contribution in [-0.2, 0) is 4.79 Å². The molecular formula is C16H33IN2O. The van der Waals surface area contributed by atoms with Crippen molar-refractivity contribution in [3.05, 3.63) is 12.2 Å². The van der Waals surface area contributed by atoms with Gasteiger partial charge in [-0.05, 0) is 26.2 Å². The molecule has 0 aliphatic heterocycles.